The fraction of sp³-hybridized carbons (Fsp3) is 0.333. The summed E-state index contributed by atoms with van der Waals surface area (Å²) in [6.45, 7) is 4.33. The molecule has 1 unspecified atom stereocenters. The molecule has 27 heavy (non-hydrogen) atoms. The van der Waals surface area contributed by atoms with Crippen LogP contribution in [-0.2, 0) is 6.42 Å². The smallest absolute Gasteiger partial charge is 0.335 e. The quantitative estimate of drug-likeness (QED) is 0.725. The molecule has 1 aliphatic heterocycles. The molecule has 0 saturated carbocycles. The van der Waals surface area contributed by atoms with Crippen molar-refractivity contribution in [3.63, 3.8) is 0 Å². The predicted molar refractivity (Wildman–Crippen MR) is 111 cm³/mol. The van der Waals surface area contributed by atoms with Crippen LogP contribution in [0.1, 0.15) is 64.2 Å². The first-order valence-electron chi connectivity index (χ1n) is 9.67. The van der Waals surface area contributed by atoms with Gasteiger partial charge in [-0.25, -0.2) is 4.79 Å². The number of benzene rings is 2. The van der Waals surface area contributed by atoms with Crippen molar-refractivity contribution in [3.8, 4) is 0 Å². The highest BCUT2D eigenvalue weighted by Crippen LogP contribution is 2.33. The molecule has 0 saturated heterocycles. The van der Waals surface area contributed by atoms with Crippen molar-refractivity contribution in [2.45, 2.75) is 51.9 Å². The molecule has 0 bridgehead atoms. The van der Waals surface area contributed by atoms with Gasteiger partial charge in [0.2, 0.25) is 0 Å². The zero-order valence-electron chi connectivity index (χ0n) is 16.1. The molecule has 3 rings (SSSR count). The van der Waals surface area contributed by atoms with E-state index in [9.17, 15) is 4.79 Å². The van der Waals surface area contributed by atoms with Gasteiger partial charge < -0.3 is 5.11 Å². The van der Waals surface area contributed by atoms with Crippen LogP contribution in [0.4, 0.5) is 0 Å². The van der Waals surface area contributed by atoms with Gasteiger partial charge in [-0.3, -0.25) is 4.99 Å². The van der Waals surface area contributed by atoms with Gasteiger partial charge in [0.1, 0.15) is 0 Å². The van der Waals surface area contributed by atoms with Gasteiger partial charge in [-0.2, -0.15) is 0 Å². The average Bonchev–Trinajstić information content (AvgIpc) is 2.63. The normalized spacial score (nSPS) is 17.5. The summed E-state index contributed by atoms with van der Waals surface area (Å²) in [7, 11) is 0. The number of carboxylic acids is 1. The lowest BCUT2D eigenvalue weighted by Gasteiger charge is -2.22. The Bertz CT molecular complexity index is 862. The lowest BCUT2D eigenvalue weighted by Crippen LogP contribution is -2.09. The molecule has 3 heteroatoms. The van der Waals surface area contributed by atoms with Gasteiger partial charge in [0.05, 0.1) is 5.56 Å². The number of aliphatic imine (C=N–C) groups is 1. The van der Waals surface area contributed by atoms with Crippen LogP contribution >= 0.6 is 0 Å². The van der Waals surface area contributed by atoms with Gasteiger partial charge in [0.25, 0.3) is 0 Å². The van der Waals surface area contributed by atoms with Crippen LogP contribution in [0.5, 0.6) is 0 Å². The monoisotopic (exact) mass is 361 g/mol. The van der Waals surface area contributed by atoms with E-state index in [-0.39, 0.29) is 5.92 Å². The van der Waals surface area contributed by atoms with E-state index < -0.39 is 5.97 Å². The Balaban J connectivity index is 1.98. The Labute approximate surface area is 161 Å². The number of rotatable bonds is 5. The van der Waals surface area contributed by atoms with E-state index in [0.29, 0.717) is 5.56 Å². The number of allylic oxidation sites excluding steroid dienone is 2. The van der Waals surface area contributed by atoms with Crippen molar-refractivity contribution in [1.29, 1.82) is 0 Å². The lowest BCUT2D eigenvalue weighted by molar-refractivity contribution is 0.0697. The fourth-order valence-corrected chi connectivity index (χ4v) is 3.63. The van der Waals surface area contributed by atoms with Crippen LogP contribution in [0.3, 0.4) is 0 Å². The second-order valence-electron chi connectivity index (χ2n) is 7.27. The van der Waals surface area contributed by atoms with Crippen LogP contribution < -0.4 is 0 Å². The lowest BCUT2D eigenvalue weighted by atomic mass is 9.84. The van der Waals surface area contributed by atoms with Crippen molar-refractivity contribution in [3.05, 3.63) is 82.1 Å². The summed E-state index contributed by atoms with van der Waals surface area (Å²) in [6.07, 6.45) is 9.63. The number of aromatic carboxylic acids is 1. The van der Waals surface area contributed by atoms with E-state index in [0.717, 1.165) is 30.5 Å². The molecule has 0 radical (unpaired) electrons. The van der Waals surface area contributed by atoms with E-state index in [1.54, 1.807) is 12.1 Å². The van der Waals surface area contributed by atoms with Crippen molar-refractivity contribution in [1.82, 2.24) is 0 Å². The molecule has 140 valence electrons. The van der Waals surface area contributed by atoms with Crippen LogP contribution in [-0.4, -0.2) is 17.3 Å². The highest BCUT2D eigenvalue weighted by molar-refractivity contribution is 5.87. The van der Waals surface area contributed by atoms with E-state index >= 15 is 0 Å². The Morgan fingerprint density at radius 1 is 1.07 bits per heavy atom. The first-order valence-corrected chi connectivity index (χ1v) is 9.67. The average molecular weight is 361 g/mol. The van der Waals surface area contributed by atoms with Crippen molar-refractivity contribution < 1.29 is 9.90 Å². The molecule has 2 aromatic rings. The number of hydrogen-bond donors (Lipinski definition) is 1. The highest BCUT2D eigenvalue weighted by atomic mass is 16.4. The molecular weight excluding hydrogens is 334 g/mol. The number of aryl methyl sites for hydroxylation is 1. The molecule has 3 nitrogen and oxygen atoms in total. The molecular formula is C24H27NO2. The second kappa shape index (κ2) is 8.81. The molecule has 1 aliphatic rings. The highest BCUT2D eigenvalue weighted by Gasteiger charge is 2.20. The Kier molecular flexibility index (Phi) is 6.23. The van der Waals surface area contributed by atoms with Crippen LogP contribution in [0, 0.1) is 13.8 Å². The molecule has 0 spiro atoms. The standard InChI is InChI=1S/C24H27NO2/c1-17-8-7-9-21(18(17)2)22(23-10-5-3-4-6-15-25-23)16-19-11-13-20(14-12-19)24(26)27/h7-15,22H,3-6,16H2,1-2H3,(H,26,27)/b23-10-,25-15?. The van der Waals surface area contributed by atoms with Gasteiger partial charge >= 0.3 is 5.97 Å². The van der Waals surface area contributed by atoms with E-state index in [4.69, 9.17) is 10.1 Å². The summed E-state index contributed by atoms with van der Waals surface area (Å²) in [6, 6.07) is 13.7. The third kappa shape index (κ3) is 4.73. The first-order chi connectivity index (χ1) is 13.1. The van der Waals surface area contributed by atoms with E-state index in [1.165, 1.54) is 29.5 Å². The molecule has 0 fully saturated rings. The summed E-state index contributed by atoms with van der Waals surface area (Å²) in [5.41, 5.74) is 6.48. The minimum Gasteiger partial charge on any atom is -0.478 e. The molecule has 2 aromatic carbocycles. The minimum atomic E-state index is -0.889. The van der Waals surface area contributed by atoms with Gasteiger partial charge in [-0.15, -0.1) is 0 Å². The van der Waals surface area contributed by atoms with Crippen LogP contribution in [0.15, 0.2) is 59.2 Å². The third-order valence-corrected chi connectivity index (χ3v) is 5.40. The molecule has 1 heterocycles. The first kappa shape index (κ1) is 19.1. The summed E-state index contributed by atoms with van der Waals surface area (Å²) < 4.78 is 0. The third-order valence-electron chi connectivity index (χ3n) is 5.40. The SMILES string of the molecule is Cc1cccc(C(Cc2ccc(C(=O)O)cc2)/C2=C/CCCCC=N2)c1C. The zero-order valence-corrected chi connectivity index (χ0v) is 16.1. The molecule has 0 amide bonds. The van der Waals surface area contributed by atoms with Crippen LogP contribution in [0.25, 0.3) is 0 Å². The predicted octanol–water partition coefficient (Wildman–Crippen LogP) is 5.86. The number of carbonyl (C=O) groups is 1. The number of carboxylic acid groups (broad SMARTS) is 1. The van der Waals surface area contributed by atoms with E-state index in [1.807, 2.05) is 12.1 Å². The maximum Gasteiger partial charge on any atom is 0.335 e. The molecule has 0 aliphatic carbocycles. The minimum absolute atomic E-state index is 0.176. The maximum atomic E-state index is 11.1. The topological polar surface area (TPSA) is 49.7 Å². The molecule has 1 atom stereocenters. The maximum absolute atomic E-state index is 11.1. The summed E-state index contributed by atoms with van der Waals surface area (Å²) >= 11 is 0. The Hall–Kier alpha value is -2.68. The van der Waals surface area contributed by atoms with Crippen molar-refractivity contribution in [2.24, 2.45) is 4.99 Å². The van der Waals surface area contributed by atoms with Crippen molar-refractivity contribution in [2.75, 3.05) is 0 Å². The van der Waals surface area contributed by atoms with Crippen molar-refractivity contribution >= 4 is 12.2 Å². The zero-order chi connectivity index (χ0) is 19.2. The number of hydrogen-bond acceptors (Lipinski definition) is 2. The summed E-state index contributed by atoms with van der Waals surface area (Å²) in [5.74, 6) is -0.713. The van der Waals surface area contributed by atoms with Gasteiger partial charge in [0, 0.05) is 17.8 Å². The fourth-order valence-electron chi connectivity index (χ4n) is 3.63. The van der Waals surface area contributed by atoms with Gasteiger partial charge in [0.15, 0.2) is 0 Å². The molecule has 0 aromatic heterocycles. The number of nitrogens with zero attached hydrogens (tertiary/aromatic N) is 1. The Morgan fingerprint density at radius 3 is 2.56 bits per heavy atom. The van der Waals surface area contributed by atoms with Crippen LogP contribution in [0.2, 0.25) is 0 Å². The summed E-state index contributed by atoms with van der Waals surface area (Å²) in [4.78, 5) is 15.9. The van der Waals surface area contributed by atoms with Gasteiger partial charge in [-0.1, -0.05) is 36.4 Å². The largest absolute Gasteiger partial charge is 0.478 e. The van der Waals surface area contributed by atoms with Gasteiger partial charge in [-0.05, 0) is 80.3 Å². The summed E-state index contributed by atoms with van der Waals surface area (Å²) in [5, 5.41) is 9.14. The Morgan fingerprint density at radius 2 is 1.81 bits per heavy atom. The molecule has 1 N–H and O–H groups in total. The second-order valence-corrected chi connectivity index (χ2v) is 7.27. The van der Waals surface area contributed by atoms with E-state index in [2.05, 4.69) is 44.3 Å².